The van der Waals surface area contributed by atoms with Crippen LogP contribution in [0.1, 0.15) is 32.3 Å². The number of carbonyl (C=O) groups is 1. The van der Waals surface area contributed by atoms with Crippen molar-refractivity contribution in [3.8, 4) is 0 Å². The number of ether oxygens (including phenoxy) is 1. The number of nitrogens with zero attached hydrogens (tertiary/aromatic N) is 4. The molecule has 2 aliphatic carbocycles. The summed E-state index contributed by atoms with van der Waals surface area (Å²) in [5.41, 5.74) is 10.6. The minimum atomic E-state index is -0.629. The molecule has 2 fully saturated rings. The van der Waals surface area contributed by atoms with E-state index in [-0.39, 0.29) is 23.6 Å². The number of hydrogen-bond donors (Lipinski definition) is 2. The summed E-state index contributed by atoms with van der Waals surface area (Å²) in [5, 5.41) is 7.98. The van der Waals surface area contributed by atoms with Crippen LogP contribution in [0.25, 0.3) is 5.57 Å². The number of nitrogens with one attached hydrogen (secondary N) is 1. The molecule has 9 heteroatoms. The van der Waals surface area contributed by atoms with Crippen LogP contribution in [-0.4, -0.2) is 71.4 Å². The third kappa shape index (κ3) is 4.93. The molecular formula is C27H35FN6O2. The number of aliphatic imine (C=N–C) groups is 1. The second kappa shape index (κ2) is 10.7. The van der Waals surface area contributed by atoms with Gasteiger partial charge in [-0.1, -0.05) is 25.2 Å². The maximum atomic E-state index is 13.8. The number of halogens is 1. The van der Waals surface area contributed by atoms with Gasteiger partial charge in [0.05, 0.1) is 43.4 Å². The van der Waals surface area contributed by atoms with E-state index in [0.717, 1.165) is 61.7 Å². The highest BCUT2D eigenvalue weighted by Crippen LogP contribution is 2.46. The van der Waals surface area contributed by atoms with E-state index in [9.17, 15) is 9.18 Å². The molecule has 0 aromatic carbocycles. The molecule has 3 heterocycles. The summed E-state index contributed by atoms with van der Waals surface area (Å²) in [4.78, 5) is 20.6. The molecule has 0 radical (unpaired) electrons. The lowest BCUT2D eigenvalue weighted by molar-refractivity contribution is -0.116. The first kappa shape index (κ1) is 25.0. The van der Waals surface area contributed by atoms with Crippen molar-refractivity contribution >= 4 is 17.1 Å². The fraction of sp³-hybridized carbons (Fsp3) is 0.519. The van der Waals surface area contributed by atoms with Crippen molar-refractivity contribution in [2.45, 2.75) is 45.6 Å². The van der Waals surface area contributed by atoms with Crippen LogP contribution in [0.3, 0.4) is 0 Å². The SMILES string of the molecule is CCC(F)=C/C=C(\C)C1=NC(N)NC2C3C(=CCC=C3c3cnn(CCN4CCOCC4)c3)C(=O)C12. The summed E-state index contributed by atoms with van der Waals surface area (Å²) >= 11 is 0. The second-order valence-electron chi connectivity index (χ2n) is 9.79. The van der Waals surface area contributed by atoms with Crippen LogP contribution >= 0.6 is 0 Å². The molecule has 8 nitrogen and oxygen atoms in total. The van der Waals surface area contributed by atoms with Gasteiger partial charge in [0.2, 0.25) is 0 Å². The monoisotopic (exact) mass is 494 g/mol. The topological polar surface area (TPSA) is 97.8 Å². The Hall–Kier alpha value is -2.72. The molecule has 4 unspecified atom stereocenters. The van der Waals surface area contributed by atoms with E-state index in [1.165, 1.54) is 6.08 Å². The summed E-state index contributed by atoms with van der Waals surface area (Å²) in [6, 6.07) is -0.210. The van der Waals surface area contributed by atoms with Crippen LogP contribution < -0.4 is 11.1 Å². The Morgan fingerprint density at radius 3 is 2.78 bits per heavy atom. The number of rotatable bonds is 7. The Bertz CT molecular complexity index is 1160. The van der Waals surface area contributed by atoms with Gasteiger partial charge in [-0.2, -0.15) is 5.10 Å². The molecule has 1 aromatic heterocycles. The van der Waals surface area contributed by atoms with E-state index in [2.05, 4.69) is 32.6 Å². The average Bonchev–Trinajstić information content (AvgIpc) is 3.49. The number of hydrogen-bond acceptors (Lipinski definition) is 7. The van der Waals surface area contributed by atoms with Crippen LogP contribution in [0, 0.1) is 11.8 Å². The van der Waals surface area contributed by atoms with Gasteiger partial charge in [-0.15, -0.1) is 0 Å². The maximum Gasteiger partial charge on any atom is 0.169 e. The average molecular weight is 495 g/mol. The van der Waals surface area contributed by atoms with Crippen molar-refractivity contribution in [2.75, 3.05) is 32.8 Å². The summed E-state index contributed by atoms with van der Waals surface area (Å²) in [5.74, 6) is -0.718. The van der Waals surface area contributed by atoms with E-state index in [4.69, 9.17) is 10.5 Å². The van der Waals surface area contributed by atoms with E-state index in [1.54, 1.807) is 13.0 Å². The fourth-order valence-electron chi connectivity index (χ4n) is 5.63. The first-order chi connectivity index (χ1) is 17.5. The van der Waals surface area contributed by atoms with Gasteiger partial charge in [-0.3, -0.25) is 30.4 Å². The molecule has 3 N–H and O–H groups in total. The zero-order valence-electron chi connectivity index (χ0n) is 21.0. The molecule has 192 valence electrons. The Balaban J connectivity index is 1.38. The van der Waals surface area contributed by atoms with E-state index < -0.39 is 12.2 Å². The van der Waals surface area contributed by atoms with Gasteiger partial charge in [-0.05, 0) is 37.0 Å². The van der Waals surface area contributed by atoms with Gasteiger partial charge in [-0.25, -0.2) is 4.39 Å². The number of aromatic nitrogens is 2. The van der Waals surface area contributed by atoms with Crippen molar-refractivity contribution in [1.29, 1.82) is 0 Å². The molecule has 1 aromatic rings. The van der Waals surface area contributed by atoms with Crippen LogP contribution in [-0.2, 0) is 16.1 Å². The fourth-order valence-corrected chi connectivity index (χ4v) is 5.63. The largest absolute Gasteiger partial charge is 0.379 e. The minimum Gasteiger partial charge on any atom is -0.379 e. The maximum absolute atomic E-state index is 13.8. The van der Waals surface area contributed by atoms with Crippen LogP contribution in [0.2, 0.25) is 0 Å². The van der Waals surface area contributed by atoms with Crippen molar-refractivity contribution in [2.24, 2.45) is 22.6 Å². The molecule has 2 aliphatic heterocycles. The van der Waals surface area contributed by atoms with E-state index >= 15 is 0 Å². The summed E-state index contributed by atoms with van der Waals surface area (Å²) in [7, 11) is 0. The molecule has 1 saturated carbocycles. The van der Waals surface area contributed by atoms with Gasteiger partial charge < -0.3 is 4.74 Å². The van der Waals surface area contributed by atoms with Gasteiger partial charge >= 0.3 is 0 Å². The van der Waals surface area contributed by atoms with Crippen molar-refractivity contribution in [1.82, 2.24) is 20.0 Å². The molecule has 4 atom stereocenters. The number of ketones is 1. The number of morpholine rings is 1. The standard InChI is InChI=1S/C27H35FN6O2/c1-3-19(28)8-7-17(2)24-23-25(32-27(29)31-24)22-20(5-4-6-21(22)26(23)35)18-15-30-34(16-18)10-9-33-11-13-36-14-12-33/h5-8,15-16,22-23,25,27,32H,3-4,9-14,29H2,1-2H3/b17-7+,19-8?. The van der Waals surface area contributed by atoms with Crippen LogP contribution in [0.4, 0.5) is 4.39 Å². The predicted octanol–water partition coefficient (Wildman–Crippen LogP) is 2.61. The summed E-state index contributed by atoms with van der Waals surface area (Å²) < 4.78 is 21.2. The summed E-state index contributed by atoms with van der Waals surface area (Å²) in [6.07, 6.45) is 11.7. The second-order valence-corrected chi connectivity index (χ2v) is 9.79. The van der Waals surface area contributed by atoms with Gasteiger partial charge in [0.25, 0.3) is 0 Å². The minimum absolute atomic E-state index is 0.0705. The van der Waals surface area contributed by atoms with Gasteiger partial charge in [0.15, 0.2) is 12.1 Å². The molecule has 36 heavy (non-hydrogen) atoms. The molecule has 0 spiro atoms. The Labute approximate surface area is 211 Å². The van der Waals surface area contributed by atoms with Gasteiger partial charge in [0.1, 0.15) is 0 Å². The lowest BCUT2D eigenvalue weighted by Crippen LogP contribution is -2.54. The van der Waals surface area contributed by atoms with Crippen molar-refractivity contribution < 1.29 is 13.9 Å². The van der Waals surface area contributed by atoms with Crippen molar-refractivity contribution in [3.05, 3.63) is 59.2 Å². The van der Waals surface area contributed by atoms with E-state index in [0.29, 0.717) is 18.6 Å². The predicted molar refractivity (Wildman–Crippen MR) is 138 cm³/mol. The third-order valence-corrected chi connectivity index (χ3v) is 7.54. The normalized spacial score (nSPS) is 29.4. The molecule has 1 saturated heterocycles. The Morgan fingerprint density at radius 2 is 2.00 bits per heavy atom. The van der Waals surface area contributed by atoms with Crippen LogP contribution in [0.5, 0.6) is 0 Å². The molecule has 5 rings (SSSR count). The number of fused-ring (bicyclic) bond motifs is 3. The van der Waals surface area contributed by atoms with Gasteiger partial charge in [0, 0.05) is 48.9 Å². The quantitative estimate of drug-likeness (QED) is 0.566. The number of nitrogens with two attached hydrogens (primary N) is 1. The highest BCUT2D eigenvalue weighted by atomic mass is 19.1. The first-order valence-electron chi connectivity index (χ1n) is 12.9. The smallest absolute Gasteiger partial charge is 0.169 e. The molecule has 0 amide bonds. The molecule has 0 bridgehead atoms. The first-order valence-corrected chi connectivity index (χ1v) is 12.9. The zero-order chi connectivity index (χ0) is 25.2. The highest BCUT2D eigenvalue weighted by Gasteiger charge is 2.52. The third-order valence-electron chi connectivity index (χ3n) is 7.54. The van der Waals surface area contributed by atoms with Crippen LogP contribution in [0.15, 0.2) is 58.7 Å². The summed E-state index contributed by atoms with van der Waals surface area (Å²) in [6.45, 7) is 8.82. The molecule has 4 aliphatic rings. The molecular weight excluding hydrogens is 459 g/mol. The van der Waals surface area contributed by atoms with Crippen molar-refractivity contribution in [3.63, 3.8) is 0 Å². The highest BCUT2D eigenvalue weighted by molar-refractivity contribution is 6.22. The Kier molecular flexibility index (Phi) is 7.43. The number of allylic oxidation sites excluding steroid dienone is 6. The number of carbonyl (C=O) groups excluding carboxylic acids is 1. The Morgan fingerprint density at radius 1 is 1.22 bits per heavy atom. The lowest BCUT2D eigenvalue weighted by atomic mass is 9.81. The lowest BCUT2D eigenvalue weighted by Gasteiger charge is -2.34. The van der Waals surface area contributed by atoms with E-state index in [1.807, 2.05) is 23.9 Å². The number of Topliss-reactive ketones (excluding diaryl/α,β-unsaturated/α-hetero) is 1. The zero-order valence-corrected chi connectivity index (χ0v) is 21.0.